The van der Waals surface area contributed by atoms with Crippen molar-refractivity contribution < 1.29 is 4.79 Å². The van der Waals surface area contributed by atoms with Crippen LogP contribution in [-0.4, -0.2) is 32.0 Å². The maximum atomic E-state index is 12.3. The first-order valence-corrected chi connectivity index (χ1v) is 8.24. The van der Waals surface area contributed by atoms with Crippen LogP contribution in [0.4, 0.5) is 0 Å². The second kappa shape index (κ2) is 7.11. The Morgan fingerprint density at radius 3 is 2.57 bits per heavy atom. The summed E-state index contributed by atoms with van der Waals surface area (Å²) in [5, 5.41) is 12.6. The molecule has 0 spiro atoms. The Bertz CT molecular complexity index is 707. The lowest BCUT2D eigenvalue weighted by Crippen LogP contribution is -2.45. The monoisotopic (exact) mass is 377 g/mol. The minimum atomic E-state index is -0.823. The summed E-state index contributed by atoms with van der Waals surface area (Å²) in [7, 11) is 0. The van der Waals surface area contributed by atoms with E-state index in [1.165, 1.54) is 10.9 Å². The van der Waals surface area contributed by atoms with Crippen LogP contribution in [0.15, 0.2) is 12.4 Å². The molecule has 9 heteroatoms. The molecule has 0 aliphatic heterocycles. The first-order chi connectivity index (χ1) is 10.7. The third kappa shape index (κ3) is 4.00. The first-order valence-electron chi connectivity index (χ1n) is 7.11. The molecular weight excluding hydrogens is 361 g/mol. The highest BCUT2D eigenvalue weighted by Gasteiger charge is 2.30. The Labute approximate surface area is 149 Å². The average molecular weight is 379 g/mol. The number of hydrogen-bond acceptors (Lipinski definition) is 3. The highest BCUT2D eigenvalue weighted by Crippen LogP contribution is 2.25. The molecule has 23 heavy (non-hydrogen) atoms. The van der Waals surface area contributed by atoms with Gasteiger partial charge >= 0.3 is 0 Å². The third-order valence-corrected chi connectivity index (χ3v) is 4.64. The van der Waals surface area contributed by atoms with E-state index < -0.39 is 5.54 Å². The highest BCUT2D eigenvalue weighted by atomic mass is 35.5. The summed E-state index contributed by atoms with van der Waals surface area (Å²) in [6.45, 7) is 6.41. The minimum Gasteiger partial charge on any atom is -0.354 e. The molecule has 2 heterocycles. The molecule has 6 nitrogen and oxygen atoms in total. The van der Waals surface area contributed by atoms with E-state index in [4.69, 9.17) is 34.8 Å². The number of carbonyl (C=O) groups is 1. The van der Waals surface area contributed by atoms with Gasteiger partial charge in [-0.3, -0.25) is 14.2 Å². The van der Waals surface area contributed by atoms with Crippen molar-refractivity contribution in [1.82, 2.24) is 24.9 Å². The lowest BCUT2D eigenvalue weighted by Gasteiger charge is -2.24. The van der Waals surface area contributed by atoms with Crippen molar-refractivity contribution in [2.75, 3.05) is 6.54 Å². The van der Waals surface area contributed by atoms with Gasteiger partial charge in [-0.2, -0.15) is 10.2 Å². The standard InChI is InChI=1S/C14H18Cl3N5O/c1-9-11(16)12(17)21(20-9)6-4-5-18-13(23)14(2,3)22-8-10(15)7-19-22/h7-8H,4-6H2,1-3H3,(H,18,23). The van der Waals surface area contributed by atoms with Gasteiger partial charge in [-0.05, 0) is 27.2 Å². The fourth-order valence-corrected chi connectivity index (χ4v) is 2.57. The smallest absolute Gasteiger partial charge is 0.247 e. The zero-order valence-electron chi connectivity index (χ0n) is 13.1. The molecule has 0 unspecified atom stereocenters. The maximum absolute atomic E-state index is 12.3. The molecule has 1 amide bonds. The number of rotatable bonds is 6. The number of aromatic nitrogens is 4. The van der Waals surface area contributed by atoms with Crippen LogP contribution in [0.2, 0.25) is 15.2 Å². The number of nitrogens with one attached hydrogen (secondary N) is 1. The summed E-state index contributed by atoms with van der Waals surface area (Å²) in [4.78, 5) is 12.3. The molecule has 0 radical (unpaired) electrons. The maximum Gasteiger partial charge on any atom is 0.247 e. The zero-order valence-corrected chi connectivity index (χ0v) is 15.4. The highest BCUT2D eigenvalue weighted by molar-refractivity contribution is 6.41. The fourth-order valence-electron chi connectivity index (χ4n) is 2.04. The second-order valence-corrected chi connectivity index (χ2v) is 6.86. The Hall–Kier alpha value is -1.24. The molecule has 0 aliphatic carbocycles. The molecule has 0 atom stereocenters. The van der Waals surface area contributed by atoms with Crippen LogP contribution < -0.4 is 5.32 Å². The van der Waals surface area contributed by atoms with Gasteiger partial charge < -0.3 is 5.32 Å². The molecule has 0 bridgehead atoms. The molecule has 0 saturated carbocycles. The van der Waals surface area contributed by atoms with Crippen LogP contribution in [0.25, 0.3) is 0 Å². The molecule has 126 valence electrons. The Kier molecular flexibility index (Phi) is 5.60. The van der Waals surface area contributed by atoms with Gasteiger partial charge in [-0.15, -0.1) is 0 Å². The summed E-state index contributed by atoms with van der Waals surface area (Å²) in [5.74, 6) is -0.141. The second-order valence-electron chi connectivity index (χ2n) is 5.68. The van der Waals surface area contributed by atoms with Crippen molar-refractivity contribution in [3.05, 3.63) is 33.3 Å². The molecule has 0 saturated heterocycles. The SMILES string of the molecule is Cc1nn(CCCNC(=O)C(C)(C)n2cc(Cl)cn2)c(Cl)c1Cl. The molecule has 2 aromatic heterocycles. The Morgan fingerprint density at radius 1 is 1.35 bits per heavy atom. The van der Waals surface area contributed by atoms with Crippen molar-refractivity contribution in [2.24, 2.45) is 0 Å². The number of carbonyl (C=O) groups excluding carboxylic acids is 1. The van der Waals surface area contributed by atoms with Gasteiger partial charge in [0, 0.05) is 19.3 Å². The van der Waals surface area contributed by atoms with Crippen LogP contribution in [0.5, 0.6) is 0 Å². The number of aryl methyl sites for hydroxylation is 2. The zero-order chi connectivity index (χ0) is 17.2. The Balaban J connectivity index is 1.86. The van der Waals surface area contributed by atoms with Gasteiger partial charge in [0.15, 0.2) is 0 Å². The largest absolute Gasteiger partial charge is 0.354 e. The van der Waals surface area contributed by atoms with E-state index in [-0.39, 0.29) is 5.91 Å². The summed E-state index contributed by atoms with van der Waals surface area (Å²) in [6.07, 6.45) is 3.80. The molecule has 1 N–H and O–H groups in total. The summed E-state index contributed by atoms with van der Waals surface area (Å²) < 4.78 is 3.17. The fraction of sp³-hybridized carbons (Fsp3) is 0.500. The van der Waals surface area contributed by atoms with Crippen LogP contribution in [0.3, 0.4) is 0 Å². The van der Waals surface area contributed by atoms with E-state index in [0.717, 1.165) is 0 Å². The van der Waals surface area contributed by atoms with E-state index in [1.54, 1.807) is 31.6 Å². The van der Waals surface area contributed by atoms with E-state index in [2.05, 4.69) is 15.5 Å². The van der Waals surface area contributed by atoms with Crippen LogP contribution in [-0.2, 0) is 16.9 Å². The van der Waals surface area contributed by atoms with Crippen molar-refractivity contribution >= 4 is 40.7 Å². The Morgan fingerprint density at radius 2 is 2.04 bits per heavy atom. The van der Waals surface area contributed by atoms with E-state index in [1.807, 2.05) is 0 Å². The quantitative estimate of drug-likeness (QED) is 0.784. The van der Waals surface area contributed by atoms with Gasteiger partial charge in [-0.1, -0.05) is 34.8 Å². The molecule has 2 aromatic rings. The lowest BCUT2D eigenvalue weighted by molar-refractivity contribution is -0.128. The van der Waals surface area contributed by atoms with E-state index >= 15 is 0 Å². The predicted octanol–water partition coefficient (Wildman–Crippen LogP) is 3.29. The molecule has 2 rings (SSSR count). The molecule has 0 fully saturated rings. The summed E-state index contributed by atoms with van der Waals surface area (Å²) in [6, 6.07) is 0. The van der Waals surface area contributed by atoms with Crippen molar-refractivity contribution in [3.8, 4) is 0 Å². The number of amides is 1. The summed E-state index contributed by atoms with van der Waals surface area (Å²) >= 11 is 17.9. The average Bonchev–Trinajstić information content (AvgIpc) is 3.03. The van der Waals surface area contributed by atoms with E-state index in [0.29, 0.717) is 40.4 Å². The topological polar surface area (TPSA) is 64.7 Å². The van der Waals surface area contributed by atoms with Gasteiger partial charge in [-0.25, -0.2) is 0 Å². The summed E-state index contributed by atoms with van der Waals surface area (Å²) in [5.41, 5.74) is -0.131. The first kappa shape index (κ1) is 18.1. The number of halogens is 3. The van der Waals surface area contributed by atoms with Crippen LogP contribution in [0, 0.1) is 6.92 Å². The van der Waals surface area contributed by atoms with Crippen molar-refractivity contribution in [3.63, 3.8) is 0 Å². The van der Waals surface area contributed by atoms with Gasteiger partial charge in [0.1, 0.15) is 15.7 Å². The van der Waals surface area contributed by atoms with Gasteiger partial charge in [0.25, 0.3) is 0 Å². The molecular formula is C14H18Cl3N5O. The van der Waals surface area contributed by atoms with Crippen molar-refractivity contribution in [2.45, 2.75) is 39.3 Å². The predicted molar refractivity (Wildman–Crippen MR) is 91.2 cm³/mol. The lowest BCUT2D eigenvalue weighted by atomic mass is 10.1. The molecule has 0 aromatic carbocycles. The van der Waals surface area contributed by atoms with E-state index in [9.17, 15) is 4.79 Å². The van der Waals surface area contributed by atoms with Gasteiger partial charge in [0.05, 0.1) is 16.9 Å². The number of hydrogen-bond donors (Lipinski definition) is 1. The third-order valence-electron chi connectivity index (χ3n) is 3.51. The number of nitrogens with zero attached hydrogens (tertiary/aromatic N) is 4. The van der Waals surface area contributed by atoms with Crippen molar-refractivity contribution in [1.29, 1.82) is 0 Å². The normalized spacial score (nSPS) is 11.7. The molecule has 0 aliphatic rings. The van der Waals surface area contributed by atoms with Gasteiger partial charge in [0.2, 0.25) is 5.91 Å². The van der Waals surface area contributed by atoms with Crippen LogP contribution >= 0.6 is 34.8 Å². The minimum absolute atomic E-state index is 0.141. The van der Waals surface area contributed by atoms with Crippen LogP contribution in [0.1, 0.15) is 26.0 Å².